The molecule has 0 N–H and O–H groups in total. The number of fused-ring (bicyclic) bond motifs is 5. The first-order valence-corrected chi connectivity index (χ1v) is 12.6. The van der Waals surface area contributed by atoms with Gasteiger partial charge in [0.05, 0.1) is 12.8 Å². The number of allylic oxidation sites excluding steroid dienone is 3. The molecule has 0 aromatic carbocycles. The van der Waals surface area contributed by atoms with E-state index in [0.717, 1.165) is 43.1 Å². The van der Waals surface area contributed by atoms with E-state index in [4.69, 9.17) is 4.74 Å². The van der Waals surface area contributed by atoms with Crippen molar-refractivity contribution in [2.45, 2.75) is 65.7 Å². The van der Waals surface area contributed by atoms with Crippen LogP contribution in [0.1, 0.15) is 71.3 Å². The molecule has 168 valence electrons. The first-order chi connectivity index (χ1) is 15.0. The number of ether oxygens (including phenoxy) is 1. The molecule has 0 spiro atoms. The molecule has 2 heterocycles. The lowest BCUT2D eigenvalue weighted by Crippen LogP contribution is -2.49. The van der Waals surface area contributed by atoms with E-state index in [9.17, 15) is 0 Å². The number of likely N-dealkylation sites (N-methyl/N-ethyl adjacent to an activating group) is 1. The summed E-state index contributed by atoms with van der Waals surface area (Å²) in [5.74, 6) is 3.40. The molecule has 0 amide bonds. The Labute approximate surface area is 189 Å². The maximum atomic E-state index is 5.90. The van der Waals surface area contributed by atoms with Gasteiger partial charge in [-0.15, -0.1) is 0 Å². The summed E-state index contributed by atoms with van der Waals surface area (Å²) in [6.07, 6.45) is 18.0. The summed E-state index contributed by atoms with van der Waals surface area (Å²) in [5, 5.41) is 0. The van der Waals surface area contributed by atoms with E-state index in [-0.39, 0.29) is 5.41 Å². The van der Waals surface area contributed by atoms with E-state index >= 15 is 0 Å². The van der Waals surface area contributed by atoms with Gasteiger partial charge in [0.1, 0.15) is 5.75 Å². The number of pyridine rings is 1. The summed E-state index contributed by atoms with van der Waals surface area (Å²) in [6, 6.07) is 2.23. The predicted octanol–water partition coefficient (Wildman–Crippen LogP) is 6.37. The van der Waals surface area contributed by atoms with Gasteiger partial charge in [0.25, 0.3) is 0 Å². The summed E-state index contributed by atoms with van der Waals surface area (Å²) in [4.78, 5) is 7.05. The lowest BCUT2D eigenvalue weighted by Gasteiger charge is -2.57. The summed E-state index contributed by atoms with van der Waals surface area (Å²) in [5.41, 5.74) is 5.30. The average Bonchev–Trinajstić information content (AvgIpc) is 3.05. The van der Waals surface area contributed by atoms with Crippen molar-refractivity contribution >= 4 is 5.57 Å². The monoisotopic (exact) mass is 420 g/mol. The smallest absolute Gasteiger partial charge is 0.138 e. The third-order valence-electron chi connectivity index (χ3n) is 9.48. The number of nitrogens with zero attached hydrogens (tertiary/aromatic N) is 2. The minimum Gasteiger partial charge on any atom is -0.492 e. The van der Waals surface area contributed by atoms with Crippen LogP contribution in [0.2, 0.25) is 0 Å². The van der Waals surface area contributed by atoms with Gasteiger partial charge in [0.2, 0.25) is 0 Å². The summed E-state index contributed by atoms with van der Waals surface area (Å²) in [7, 11) is 2.28. The van der Waals surface area contributed by atoms with Gasteiger partial charge in [-0.3, -0.25) is 4.98 Å². The fourth-order valence-electron chi connectivity index (χ4n) is 7.67. The fourth-order valence-corrected chi connectivity index (χ4v) is 7.67. The molecule has 2 saturated carbocycles. The molecule has 0 radical (unpaired) electrons. The molecule has 5 rings (SSSR count). The first-order valence-electron chi connectivity index (χ1n) is 12.6. The summed E-state index contributed by atoms with van der Waals surface area (Å²) >= 11 is 0. The van der Waals surface area contributed by atoms with Gasteiger partial charge >= 0.3 is 0 Å². The van der Waals surface area contributed by atoms with Crippen molar-refractivity contribution in [3.63, 3.8) is 0 Å². The van der Waals surface area contributed by atoms with Crippen molar-refractivity contribution < 1.29 is 4.74 Å². The zero-order valence-electron chi connectivity index (χ0n) is 20.0. The minimum absolute atomic E-state index is 0.283. The molecule has 0 unspecified atom stereocenters. The van der Waals surface area contributed by atoms with E-state index in [1.54, 1.807) is 5.57 Å². The maximum Gasteiger partial charge on any atom is 0.138 e. The second-order valence-electron chi connectivity index (χ2n) is 11.1. The van der Waals surface area contributed by atoms with Crippen molar-refractivity contribution in [3.8, 4) is 5.75 Å². The van der Waals surface area contributed by atoms with E-state index in [1.165, 1.54) is 56.2 Å². The third kappa shape index (κ3) is 3.48. The van der Waals surface area contributed by atoms with Gasteiger partial charge in [0, 0.05) is 12.7 Å². The number of rotatable bonds is 4. The molecule has 3 nitrogen and oxygen atoms in total. The normalized spacial score (nSPS) is 37.7. The van der Waals surface area contributed by atoms with Gasteiger partial charge < -0.3 is 9.64 Å². The van der Waals surface area contributed by atoms with E-state index in [2.05, 4.69) is 62.1 Å². The minimum atomic E-state index is 0.283. The van der Waals surface area contributed by atoms with Crippen LogP contribution in [0.25, 0.3) is 5.57 Å². The van der Waals surface area contributed by atoms with Crippen LogP contribution >= 0.6 is 0 Å². The highest BCUT2D eigenvalue weighted by Gasteiger charge is 2.56. The predicted molar refractivity (Wildman–Crippen MR) is 128 cm³/mol. The Balaban J connectivity index is 1.41. The Morgan fingerprint density at radius 1 is 1.10 bits per heavy atom. The van der Waals surface area contributed by atoms with Crippen LogP contribution in [0, 0.1) is 28.6 Å². The highest BCUT2D eigenvalue weighted by Crippen LogP contribution is 2.66. The molecular formula is C28H40N2O. The largest absolute Gasteiger partial charge is 0.492 e. The average molecular weight is 421 g/mol. The lowest BCUT2D eigenvalue weighted by molar-refractivity contribution is -0.0194. The second-order valence-corrected chi connectivity index (χ2v) is 11.1. The Kier molecular flexibility index (Phi) is 5.53. The number of hydrogen-bond acceptors (Lipinski definition) is 3. The summed E-state index contributed by atoms with van der Waals surface area (Å²) in [6.45, 7) is 10.5. The van der Waals surface area contributed by atoms with Gasteiger partial charge in [-0.25, -0.2) is 0 Å². The Morgan fingerprint density at radius 2 is 1.97 bits per heavy atom. The van der Waals surface area contributed by atoms with Crippen molar-refractivity contribution in [3.05, 3.63) is 41.7 Å². The third-order valence-corrected chi connectivity index (χ3v) is 9.48. The molecule has 2 fully saturated rings. The van der Waals surface area contributed by atoms with Crippen LogP contribution in [0.3, 0.4) is 0 Å². The van der Waals surface area contributed by atoms with Gasteiger partial charge in [0.15, 0.2) is 0 Å². The van der Waals surface area contributed by atoms with E-state index < -0.39 is 0 Å². The maximum absolute atomic E-state index is 5.90. The van der Waals surface area contributed by atoms with Crippen molar-refractivity contribution in [2.24, 2.45) is 28.6 Å². The van der Waals surface area contributed by atoms with Crippen LogP contribution in [-0.4, -0.2) is 36.6 Å². The van der Waals surface area contributed by atoms with Crippen LogP contribution in [0.15, 0.2) is 36.2 Å². The topological polar surface area (TPSA) is 25.4 Å². The van der Waals surface area contributed by atoms with Gasteiger partial charge in [-0.2, -0.15) is 0 Å². The lowest BCUT2D eigenvalue weighted by atomic mass is 9.47. The highest BCUT2D eigenvalue weighted by atomic mass is 16.5. The molecular weight excluding hydrogens is 380 g/mol. The van der Waals surface area contributed by atoms with Crippen LogP contribution in [0.5, 0.6) is 5.75 Å². The zero-order valence-corrected chi connectivity index (χ0v) is 20.0. The molecule has 31 heavy (non-hydrogen) atoms. The zero-order chi connectivity index (χ0) is 21.6. The van der Waals surface area contributed by atoms with Crippen molar-refractivity contribution in [1.29, 1.82) is 0 Å². The first kappa shape index (κ1) is 21.2. The molecule has 0 bridgehead atoms. The number of aromatic nitrogens is 1. The van der Waals surface area contributed by atoms with Gasteiger partial charge in [-0.1, -0.05) is 38.5 Å². The van der Waals surface area contributed by atoms with Crippen molar-refractivity contribution in [1.82, 2.24) is 9.88 Å². The van der Waals surface area contributed by atoms with Crippen LogP contribution in [0.4, 0.5) is 0 Å². The molecule has 5 atom stereocenters. The Bertz CT molecular complexity index is 889. The van der Waals surface area contributed by atoms with E-state index in [1.807, 2.05) is 6.20 Å². The van der Waals surface area contributed by atoms with Crippen LogP contribution < -0.4 is 4.74 Å². The van der Waals surface area contributed by atoms with Crippen LogP contribution in [-0.2, 0) is 0 Å². The molecule has 3 aliphatic carbocycles. The molecule has 3 heteroatoms. The SMILES string of the molecule is CCCOc1cncc(C2=CC[C@H]3[C@@H]4CCC5=CCN(C)CC[C@]5(C)[C@H]4CC[C@]23C)c1. The standard InChI is InChI=1S/C28H40N2O/c1-5-16-31-22-17-20(18-29-19-22)24-8-9-25-23-7-6-21-11-14-30(4)15-13-27(21,2)26(23)10-12-28(24,25)3/h8,11,17-19,23,25-26H,5-7,9-10,12-16H2,1-4H3/t23-,25-,26-,27-,28+/m0/s1. The molecule has 4 aliphatic rings. The molecule has 1 aromatic rings. The van der Waals surface area contributed by atoms with Gasteiger partial charge in [-0.05, 0) is 104 Å². The molecule has 1 aliphatic heterocycles. The quantitative estimate of drug-likeness (QED) is 0.529. The molecule has 1 aromatic heterocycles. The van der Waals surface area contributed by atoms with Crippen molar-refractivity contribution in [2.75, 3.05) is 26.7 Å². The fraction of sp³-hybridized carbons (Fsp3) is 0.679. The highest BCUT2D eigenvalue weighted by molar-refractivity contribution is 5.73. The summed E-state index contributed by atoms with van der Waals surface area (Å²) < 4.78 is 5.90. The Hall–Kier alpha value is -1.61. The Morgan fingerprint density at radius 3 is 2.81 bits per heavy atom. The molecule has 0 saturated heterocycles. The second kappa shape index (κ2) is 8.06. The van der Waals surface area contributed by atoms with E-state index in [0.29, 0.717) is 5.41 Å². The number of hydrogen-bond donors (Lipinski definition) is 0.